The van der Waals surface area contributed by atoms with Crippen molar-refractivity contribution in [2.45, 2.75) is 44.1 Å². The summed E-state index contributed by atoms with van der Waals surface area (Å²) >= 11 is 0. The number of aliphatic hydroxyl groups is 3. The van der Waals surface area contributed by atoms with Crippen LogP contribution in [0.4, 0.5) is 0 Å². The summed E-state index contributed by atoms with van der Waals surface area (Å²) in [6.45, 7) is 2.09. The van der Waals surface area contributed by atoms with Gasteiger partial charge in [0.25, 0.3) is 0 Å². The van der Waals surface area contributed by atoms with E-state index < -0.39 is 36.7 Å². The molecule has 1 heterocycles. The minimum absolute atomic E-state index is 0.261. The van der Waals surface area contributed by atoms with Crippen LogP contribution < -0.4 is 0 Å². The van der Waals surface area contributed by atoms with E-state index in [4.69, 9.17) is 14.6 Å². The van der Waals surface area contributed by atoms with E-state index in [1.807, 2.05) is 6.92 Å². The molecule has 0 unspecified atom stereocenters. The molecule has 0 aromatic rings. The van der Waals surface area contributed by atoms with E-state index in [0.717, 1.165) is 0 Å². The van der Waals surface area contributed by atoms with Crippen LogP contribution in [0.15, 0.2) is 0 Å². The third-order valence-electron chi connectivity index (χ3n) is 2.30. The molecule has 94 valence electrons. The molecule has 5 atom stereocenters. The summed E-state index contributed by atoms with van der Waals surface area (Å²) in [5, 5.41) is 37.0. The van der Waals surface area contributed by atoms with Crippen molar-refractivity contribution in [2.75, 3.05) is 6.61 Å². The van der Waals surface area contributed by atoms with Gasteiger partial charge >= 0.3 is 5.97 Å². The molecule has 0 aliphatic carbocycles. The second kappa shape index (κ2) is 5.55. The van der Waals surface area contributed by atoms with E-state index in [0.29, 0.717) is 6.42 Å². The molecular formula is C9H16O7. The highest BCUT2D eigenvalue weighted by atomic mass is 16.7. The first-order valence-electron chi connectivity index (χ1n) is 5.03. The Morgan fingerprint density at radius 1 is 1.25 bits per heavy atom. The van der Waals surface area contributed by atoms with Gasteiger partial charge in [0.15, 0.2) is 12.4 Å². The van der Waals surface area contributed by atoms with E-state index in [1.165, 1.54) is 0 Å². The van der Waals surface area contributed by atoms with Gasteiger partial charge in [0, 0.05) is 6.61 Å². The molecule has 0 radical (unpaired) electrons. The molecule has 7 heteroatoms. The number of carboxylic acids is 1. The summed E-state index contributed by atoms with van der Waals surface area (Å²) in [6.07, 6.45) is -6.91. The van der Waals surface area contributed by atoms with Gasteiger partial charge in [-0.15, -0.1) is 0 Å². The van der Waals surface area contributed by atoms with E-state index >= 15 is 0 Å². The Morgan fingerprint density at radius 3 is 2.38 bits per heavy atom. The topological polar surface area (TPSA) is 116 Å². The summed E-state index contributed by atoms with van der Waals surface area (Å²) in [7, 11) is 0. The van der Waals surface area contributed by atoms with Crippen molar-refractivity contribution < 1.29 is 34.7 Å². The lowest BCUT2D eigenvalue weighted by atomic mass is 9.99. The maximum Gasteiger partial charge on any atom is 0.335 e. The molecule has 0 saturated carbocycles. The van der Waals surface area contributed by atoms with Crippen LogP contribution in [0.25, 0.3) is 0 Å². The van der Waals surface area contributed by atoms with Gasteiger partial charge in [-0.2, -0.15) is 0 Å². The largest absolute Gasteiger partial charge is 0.479 e. The van der Waals surface area contributed by atoms with E-state index in [-0.39, 0.29) is 6.61 Å². The number of ether oxygens (including phenoxy) is 2. The quantitative estimate of drug-likeness (QED) is 0.460. The summed E-state index contributed by atoms with van der Waals surface area (Å²) in [6, 6.07) is 0. The van der Waals surface area contributed by atoms with Crippen molar-refractivity contribution in [1.82, 2.24) is 0 Å². The molecule has 0 spiro atoms. The van der Waals surface area contributed by atoms with Crippen molar-refractivity contribution in [1.29, 1.82) is 0 Å². The van der Waals surface area contributed by atoms with Gasteiger partial charge in [-0.25, -0.2) is 4.79 Å². The molecule has 0 bridgehead atoms. The molecule has 0 aromatic heterocycles. The lowest BCUT2D eigenvalue weighted by Crippen LogP contribution is -2.60. The van der Waals surface area contributed by atoms with Crippen molar-refractivity contribution in [2.24, 2.45) is 0 Å². The summed E-state index contributed by atoms with van der Waals surface area (Å²) in [5.74, 6) is -1.41. The standard InChI is InChI=1S/C9H16O7/c1-2-3-15-9-6(12)4(10)5(11)7(16-9)8(13)14/h4-7,9-12H,2-3H2,1H3,(H,13,14)/t4-,5-,6+,7-,9+/m0/s1. The maximum absolute atomic E-state index is 10.7. The average Bonchev–Trinajstić information content (AvgIpc) is 2.24. The summed E-state index contributed by atoms with van der Waals surface area (Å²) < 4.78 is 9.90. The molecule has 16 heavy (non-hydrogen) atoms. The second-order valence-electron chi connectivity index (χ2n) is 3.61. The number of aliphatic hydroxyl groups excluding tert-OH is 3. The molecule has 0 amide bonds. The highest BCUT2D eigenvalue weighted by Gasteiger charge is 2.47. The average molecular weight is 236 g/mol. The van der Waals surface area contributed by atoms with E-state index in [1.54, 1.807) is 0 Å². The Hall–Kier alpha value is -0.730. The van der Waals surface area contributed by atoms with Gasteiger partial charge in [-0.05, 0) is 6.42 Å². The SMILES string of the molecule is CCCO[C@@H]1O[C@H](C(=O)O)[C@@H](O)[C@H](O)[C@H]1O. The first-order valence-corrected chi connectivity index (χ1v) is 5.03. The van der Waals surface area contributed by atoms with Crippen LogP contribution in [0.1, 0.15) is 13.3 Å². The fourth-order valence-electron chi connectivity index (χ4n) is 1.42. The van der Waals surface area contributed by atoms with Gasteiger partial charge in [0.2, 0.25) is 0 Å². The van der Waals surface area contributed by atoms with Crippen molar-refractivity contribution >= 4 is 5.97 Å². The first-order chi connectivity index (χ1) is 7.49. The van der Waals surface area contributed by atoms with Crippen LogP contribution in [0, 0.1) is 0 Å². The minimum atomic E-state index is -1.67. The van der Waals surface area contributed by atoms with Crippen LogP contribution in [0.5, 0.6) is 0 Å². The van der Waals surface area contributed by atoms with E-state index in [9.17, 15) is 20.1 Å². The lowest BCUT2D eigenvalue weighted by molar-refractivity contribution is -0.293. The predicted octanol–water partition coefficient (Wildman–Crippen LogP) is -1.69. The van der Waals surface area contributed by atoms with Crippen molar-refractivity contribution in [3.63, 3.8) is 0 Å². The lowest BCUT2D eigenvalue weighted by Gasteiger charge is -2.38. The molecule has 1 saturated heterocycles. The molecular weight excluding hydrogens is 220 g/mol. The third-order valence-corrected chi connectivity index (χ3v) is 2.30. The normalized spacial score (nSPS) is 39.6. The molecule has 1 rings (SSSR count). The molecule has 1 fully saturated rings. The van der Waals surface area contributed by atoms with Gasteiger partial charge < -0.3 is 29.9 Å². The van der Waals surface area contributed by atoms with Crippen LogP contribution in [0.3, 0.4) is 0 Å². The minimum Gasteiger partial charge on any atom is -0.479 e. The molecule has 0 aromatic carbocycles. The van der Waals surface area contributed by atoms with Crippen molar-refractivity contribution in [3.8, 4) is 0 Å². The summed E-state index contributed by atoms with van der Waals surface area (Å²) in [5.41, 5.74) is 0. The monoisotopic (exact) mass is 236 g/mol. The van der Waals surface area contributed by atoms with Gasteiger partial charge in [0.05, 0.1) is 0 Å². The van der Waals surface area contributed by atoms with Crippen LogP contribution in [-0.4, -0.2) is 63.7 Å². The number of hydrogen-bond acceptors (Lipinski definition) is 6. The highest BCUT2D eigenvalue weighted by Crippen LogP contribution is 2.22. The number of carboxylic acid groups (broad SMARTS) is 1. The van der Waals surface area contributed by atoms with Crippen LogP contribution in [-0.2, 0) is 14.3 Å². The Bertz CT molecular complexity index is 244. The number of rotatable bonds is 4. The zero-order chi connectivity index (χ0) is 12.3. The number of carbonyl (C=O) groups is 1. The maximum atomic E-state index is 10.7. The van der Waals surface area contributed by atoms with Crippen LogP contribution in [0.2, 0.25) is 0 Å². The zero-order valence-electron chi connectivity index (χ0n) is 8.81. The Balaban J connectivity index is 2.69. The molecule has 1 aliphatic heterocycles. The van der Waals surface area contributed by atoms with Crippen molar-refractivity contribution in [3.05, 3.63) is 0 Å². The Kier molecular flexibility index (Phi) is 4.63. The van der Waals surface area contributed by atoms with Gasteiger partial charge in [-0.1, -0.05) is 6.92 Å². The molecule has 1 aliphatic rings. The van der Waals surface area contributed by atoms with Gasteiger partial charge in [0.1, 0.15) is 18.3 Å². The third kappa shape index (κ3) is 2.69. The first kappa shape index (κ1) is 13.3. The molecule has 7 nitrogen and oxygen atoms in total. The van der Waals surface area contributed by atoms with Crippen LogP contribution >= 0.6 is 0 Å². The Morgan fingerprint density at radius 2 is 1.88 bits per heavy atom. The fraction of sp³-hybridized carbons (Fsp3) is 0.889. The summed E-state index contributed by atoms with van der Waals surface area (Å²) in [4.78, 5) is 10.7. The highest BCUT2D eigenvalue weighted by molar-refractivity contribution is 5.73. The Labute approximate surface area is 92.2 Å². The second-order valence-corrected chi connectivity index (χ2v) is 3.61. The number of aliphatic carboxylic acids is 1. The predicted molar refractivity (Wildman–Crippen MR) is 50.6 cm³/mol. The molecule has 4 N–H and O–H groups in total. The van der Waals surface area contributed by atoms with E-state index in [2.05, 4.69) is 0 Å². The number of hydrogen-bond donors (Lipinski definition) is 4. The fourth-order valence-corrected chi connectivity index (χ4v) is 1.42. The smallest absolute Gasteiger partial charge is 0.335 e. The zero-order valence-corrected chi connectivity index (χ0v) is 8.81. The van der Waals surface area contributed by atoms with Gasteiger partial charge in [-0.3, -0.25) is 0 Å².